The van der Waals surface area contributed by atoms with Crippen LogP contribution in [0.1, 0.15) is 18.2 Å². The van der Waals surface area contributed by atoms with E-state index >= 15 is 0 Å². The number of aryl methyl sites for hydroxylation is 1. The molecular formula is C21H22N6O2S. The molecule has 0 spiro atoms. The van der Waals surface area contributed by atoms with Crippen molar-refractivity contribution < 1.29 is 9.84 Å². The van der Waals surface area contributed by atoms with Gasteiger partial charge < -0.3 is 25.9 Å². The number of fused-ring (bicyclic) bond motifs is 1. The summed E-state index contributed by atoms with van der Waals surface area (Å²) in [5.41, 5.74) is 16.5. The third-order valence-electron chi connectivity index (χ3n) is 5.54. The summed E-state index contributed by atoms with van der Waals surface area (Å²) in [5, 5.41) is 13.9. The number of ether oxygens (including phenoxy) is 1. The summed E-state index contributed by atoms with van der Waals surface area (Å²) in [4.78, 5) is 13.5. The van der Waals surface area contributed by atoms with E-state index in [9.17, 15) is 5.11 Å². The first-order valence-electron chi connectivity index (χ1n) is 9.73. The Hall–Kier alpha value is -2.85. The van der Waals surface area contributed by atoms with E-state index in [-0.39, 0.29) is 12.8 Å². The smallest absolute Gasteiger partial charge is 0.148 e. The van der Waals surface area contributed by atoms with Crippen LogP contribution in [0.3, 0.4) is 0 Å². The van der Waals surface area contributed by atoms with E-state index in [2.05, 4.69) is 29.0 Å². The normalized spacial score (nSPS) is 21.5. The lowest BCUT2D eigenvalue weighted by atomic mass is 10.1. The molecule has 30 heavy (non-hydrogen) atoms. The molecule has 0 amide bonds. The van der Waals surface area contributed by atoms with Crippen LogP contribution in [0.5, 0.6) is 0 Å². The highest BCUT2D eigenvalue weighted by Gasteiger charge is 2.35. The Balaban J connectivity index is 1.62. The van der Waals surface area contributed by atoms with Crippen LogP contribution in [-0.4, -0.2) is 43.4 Å². The van der Waals surface area contributed by atoms with Crippen LogP contribution in [0.25, 0.3) is 32.9 Å². The fraction of sp³-hybridized carbons (Fsp3) is 0.286. The van der Waals surface area contributed by atoms with Crippen molar-refractivity contribution in [2.75, 3.05) is 12.3 Å². The van der Waals surface area contributed by atoms with Crippen molar-refractivity contribution in [2.24, 2.45) is 5.73 Å². The van der Waals surface area contributed by atoms with Crippen molar-refractivity contribution in [3.05, 3.63) is 47.7 Å². The summed E-state index contributed by atoms with van der Waals surface area (Å²) in [6, 6.07) is 8.17. The fourth-order valence-corrected chi connectivity index (χ4v) is 4.86. The van der Waals surface area contributed by atoms with Crippen molar-refractivity contribution in [1.82, 2.24) is 19.5 Å². The summed E-state index contributed by atoms with van der Waals surface area (Å²) < 4.78 is 7.86. The fourth-order valence-electron chi connectivity index (χ4n) is 3.95. The van der Waals surface area contributed by atoms with Crippen molar-refractivity contribution >= 4 is 28.2 Å². The molecule has 1 aromatic carbocycles. The lowest BCUT2D eigenvalue weighted by Gasteiger charge is -2.14. The number of nitrogens with two attached hydrogens (primary N) is 2. The number of nitrogens with zero attached hydrogens (tertiary/aromatic N) is 4. The van der Waals surface area contributed by atoms with Gasteiger partial charge in [0.15, 0.2) is 0 Å². The number of aliphatic hydroxyl groups is 1. The standard InChI is InChI=1S/C21H22N6O2S/c1-11-4-2-3-5-12(11)21-26-14(9-30-21)13-8-27(17-6-15(28)16(7-22)29-17)20-18(13)19(23)24-10-25-20/h2-5,8-10,15-17,28H,6-7,22H2,1H3,(H2,23,24,25)/t15-,16+,17+/m0/s1. The second-order valence-electron chi connectivity index (χ2n) is 7.43. The maximum atomic E-state index is 10.2. The summed E-state index contributed by atoms with van der Waals surface area (Å²) in [5.74, 6) is 0.383. The SMILES string of the molecule is Cc1ccccc1-c1nc(-c2cn([C@H]3C[C@H](O)[C@@H](CN)O3)c3ncnc(N)c23)cs1. The zero-order valence-electron chi connectivity index (χ0n) is 16.4. The van der Waals surface area contributed by atoms with Gasteiger partial charge >= 0.3 is 0 Å². The van der Waals surface area contributed by atoms with Crippen LogP contribution in [0.15, 0.2) is 42.2 Å². The van der Waals surface area contributed by atoms with Gasteiger partial charge in [0.05, 0.1) is 23.3 Å². The zero-order valence-corrected chi connectivity index (χ0v) is 17.2. The van der Waals surface area contributed by atoms with Gasteiger partial charge in [-0.25, -0.2) is 15.0 Å². The largest absolute Gasteiger partial charge is 0.390 e. The molecule has 0 aliphatic carbocycles. The average molecular weight is 423 g/mol. The van der Waals surface area contributed by atoms with Crippen molar-refractivity contribution in [3.63, 3.8) is 0 Å². The number of aromatic nitrogens is 4. The number of hydrogen-bond donors (Lipinski definition) is 3. The second-order valence-corrected chi connectivity index (χ2v) is 8.29. The molecule has 3 aromatic heterocycles. The summed E-state index contributed by atoms with van der Waals surface area (Å²) in [6.45, 7) is 2.33. The third kappa shape index (κ3) is 3.07. The molecule has 5 N–H and O–H groups in total. The lowest BCUT2D eigenvalue weighted by Crippen LogP contribution is -2.29. The molecule has 0 bridgehead atoms. The number of thiazole rings is 1. The monoisotopic (exact) mass is 422 g/mol. The van der Waals surface area contributed by atoms with E-state index < -0.39 is 12.2 Å². The van der Waals surface area contributed by atoms with Crippen LogP contribution in [0.2, 0.25) is 0 Å². The van der Waals surface area contributed by atoms with Gasteiger partial charge in [-0.15, -0.1) is 11.3 Å². The van der Waals surface area contributed by atoms with Crippen LogP contribution in [0, 0.1) is 6.92 Å². The van der Waals surface area contributed by atoms with E-state index in [0.717, 1.165) is 27.2 Å². The molecule has 0 radical (unpaired) electrons. The first kappa shape index (κ1) is 19.1. The van der Waals surface area contributed by atoms with E-state index in [1.807, 2.05) is 28.3 Å². The number of nitrogen functional groups attached to an aromatic ring is 1. The van der Waals surface area contributed by atoms with Gasteiger partial charge in [-0.1, -0.05) is 24.3 Å². The van der Waals surface area contributed by atoms with Gasteiger partial charge in [0, 0.05) is 35.7 Å². The highest BCUT2D eigenvalue weighted by molar-refractivity contribution is 7.13. The van der Waals surface area contributed by atoms with E-state index in [1.54, 1.807) is 11.3 Å². The van der Waals surface area contributed by atoms with Crippen LogP contribution in [-0.2, 0) is 4.74 Å². The minimum atomic E-state index is -0.619. The molecule has 1 fully saturated rings. The molecular weight excluding hydrogens is 400 g/mol. The molecule has 1 aliphatic rings. The summed E-state index contributed by atoms with van der Waals surface area (Å²) in [6.07, 6.45) is 2.40. The van der Waals surface area contributed by atoms with Gasteiger partial charge in [0.1, 0.15) is 29.0 Å². The molecule has 9 heteroatoms. The number of hydrogen-bond acceptors (Lipinski definition) is 8. The molecule has 154 valence electrons. The Morgan fingerprint density at radius 1 is 1.27 bits per heavy atom. The maximum Gasteiger partial charge on any atom is 0.148 e. The van der Waals surface area contributed by atoms with Crippen LogP contribution < -0.4 is 11.5 Å². The minimum absolute atomic E-state index is 0.257. The highest BCUT2D eigenvalue weighted by atomic mass is 32.1. The molecule has 0 unspecified atom stereocenters. The molecule has 1 aliphatic heterocycles. The van der Waals surface area contributed by atoms with E-state index in [0.29, 0.717) is 17.9 Å². The maximum absolute atomic E-state index is 10.2. The van der Waals surface area contributed by atoms with Gasteiger partial charge in [-0.05, 0) is 12.5 Å². The predicted octanol–water partition coefficient (Wildman–Crippen LogP) is 2.72. The molecule has 4 aromatic rings. The first-order chi connectivity index (χ1) is 14.6. The van der Waals surface area contributed by atoms with Crippen molar-refractivity contribution in [1.29, 1.82) is 0 Å². The van der Waals surface area contributed by atoms with Gasteiger partial charge in [0.25, 0.3) is 0 Å². The van der Waals surface area contributed by atoms with Gasteiger partial charge in [0.2, 0.25) is 0 Å². The molecule has 0 saturated carbocycles. The highest BCUT2D eigenvalue weighted by Crippen LogP contribution is 2.39. The quantitative estimate of drug-likeness (QED) is 0.462. The topological polar surface area (TPSA) is 125 Å². The Kier molecular flexibility index (Phi) is 4.75. The summed E-state index contributed by atoms with van der Waals surface area (Å²) >= 11 is 1.58. The Morgan fingerprint density at radius 3 is 2.87 bits per heavy atom. The molecule has 4 heterocycles. The van der Waals surface area contributed by atoms with Gasteiger partial charge in [-0.2, -0.15) is 0 Å². The zero-order chi connectivity index (χ0) is 20.8. The number of rotatable bonds is 4. The Bertz CT molecular complexity index is 1220. The van der Waals surface area contributed by atoms with E-state index in [1.165, 1.54) is 11.9 Å². The van der Waals surface area contributed by atoms with E-state index in [4.69, 9.17) is 21.2 Å². The van der Waals surface area contributed by atoms with Gasteiger partial charge in [-0.3, -0.25) is 0 Å². The van der Waals surface area contributed by atoms with Crippen LogP contribution in [0.4, 0.5) is 5.82 Å². The Labute approximate surface area is 177 Å². The average Bonchev–Trinajstić information content (AvgIpc) is 3.45. The first-order valence-corrected chi connectivity index (χ1v) is 10.6. The Morgan fingerprint density at radius 2 is 2.10 bits per heavy atom. The molecule has 1 saturated heterocycles. The minimum Gasteiger partial charge on any atom is -0.390 e. The molecule has 5 rings (SSSR count). The van der Waals surface area contributed by atoms with Crippen molar-refractivity contribution in [3.8, 4) is 21.8 Å². The molecule has 8 nitrogen and oxygen atoms in total. The summed E-state index contributed by atoms with van der Waals surface area (Å²) in [7, 11) is 0. The number of anilines is 1. The predicted molar refractivity (Wildman–Crippen MR) is 117 cm³/mol. The van der Waals surface area contributed by atoms with Crippen molar-refractivity contribution in [2.45, 2.75) is 31.8 Å². The second kappa shape index (κ2) is 7.44. The number of aliphatic hydroxyl groups excluding tert-OH is 1. The third-order valence-corrected chi connectivity index (χ3v) is 6.42. The molecule has 3 atom stereocenters. The van der Waals surface area contributed by atoms with Crippen LogP contribution >= 0.6 is 11.3 Å². The number of benzene rings is 1. The lowest BCUT2D eigenvalue weighted by molar-refractivity contribution is -0.0112.